The third-order valence-electron chi connectivity index (χ3n) is 4.36. The van der Waals surface area contributed by atoms with Crippen molar-refractivity contribution in [2.24, 2.45) is 23.5 Å². The minimum absolute atomic E-state index is 0.242. The maximum absolute atomic E-state index is 12.0. The summed E-state index contributed by atoms with van der Waals surface area (Å²) >= 11 is 0. The molecule has 0 spiro atoms. The molecule has 3 heteroatoms. The van der Waals surface area contributed by atoms with E-state index in [2.05, 4.69) is 26.1 Å². The summed E-state index contributed by atoms with van der Waals surface area (Å²) in [6.45, 7) is 7.28. The summed E-state index contributed by atoms with van der Waals surface area (Å²) in [5, 5.41) is 3.17. The predicted molar refractivity (Wildman–Crippen MR) is 76.2 cm³/mol. The number of amides is 1. The lowest BCUT2D eigenvalue weighted by atomic mass is 9.80. The highest BCUT2D eigenvalue weighted by molar-refractivity contribution is 5.76. The molecule has 1 aliphatic carbocycles. The average Bonchev–Trinajstić information content (AvgIpc) is 2.36. The molecule has 1 unspecified atom stereocenters. The highest BCUT2D eigenvalue weighted by Crippen LogP contribution is 2.30. The zero-order chi connectivity index (χ0) is 13.5. The van der Waals surface area contributed by atoms with Crippen molar-refractivity contribution in [1.29, 1.82) is 0 Å². The third-order valence-corrected chi connectivity index (χ3v) is 4.36. The van der Waals surface area contributed by atoms with Gasteiger partial charge < -0.3 is 11.1 Å². The number of hydrogen-bond acceptors (Lipinski definition) is 2. The molecule has 1 atom stereocenters. The molecule has 0 bridgehead atoms. The number of carbonyl (C=O) groups is 1. The van der Waals surface area contributed by atoms with E-state index in [4.69, 9.17) is 5.73 Å². The average molecular weight is 254 g/mol. The Balaban J connectivity index is 2.28. The number of nitrogens with two attached hydrogens (primary N) is 1. The van der Waals surface area contributed by atoms with Gasteiger partial charge >= 0.3 is 0 Å². The van der Waals surface area contributed by atoms with Crippen molar-refractivity contribution >= 4 is 5.91 Å². The maximum Gasteiger partial charge on any atom is 0.220 e. The van der Waals surface area contributed by atoms with Crippen LogP contribution in [0.15, 0.2) is 0 Å². The summed E-state index contributed by atoms with van der Waals surface area (Å²) in [6, 6.07) is 0.331. The van der Waals surface area contributed by atoms with Crippen molar-refractivity contribution in [2.45, 2.75) is 65.3 Å². The Morgan fingerprint density at radius 3 is 2.22 bits per heavy atom. The van der Waals surface area contributed by atoms with Crippen LogP contribution < -0.4 is 11.1 Å². The predicted octanol–water partition coefficient (Wildman–Crippen LogP) is 2.69. The number of carbonyl (C=O) groups excluding carboxylic acids is 1. The first kappa shape index (κ1) is 15.5. The van der Waals surface area contributed by atoms with Crippen LogP contribution in [0.2, 0.25) is 0 Å². The minimum atomic E-state index is 0.242. The van der Waals surface area contributed by atoms with Crippen molar-refractivity contribution in [3.05, 3.63) is 0 Å². The van der Waals surface area contributed by atoms with Crippen molar-refractivity contribution < 1.29 is 4.79 Å². The molecule has 1 aliphatic rings. The van der Waals surface area contributed by atoms with Crippen molar-refractivity contribution in [3.8, 4) is 0 Å². The Morgan fingerprint density at radius 2 is 1.78 bits per heavy atom. The van der Waals surface area contributed by atoms with Gasteiger partial charge in [-0.05, 0) is 56.4 Å². The summed E-state index contributed by atoms with van der Waals surface area (Å²) in [5.74, 6) is 2.04. The van der Waals surface area contributed by atoms with Gasteiger partial charge in [-0.1, -0.05) is 20.8 Å². The van der Waals surface area contributed by atoms with Crippen LogP contribution in [0.25, 0.3) is 0 Å². The molecule has 1 saturated carbocycles. The van der Waals surface area contributed by atoms with E-state index in [1.165, 1.54) is 25.7 Å². The molecule has 0 heterocycles. The van der Waals surface area contributed by atoms with Gasteiger partial charge in [-0.3, -0.25) is 4.79 Å². The first-order valence-corrected chi connectivity index (χ1v) is 7.56. The molecule has 3 N–H and O–H groups in total. The van der Waals surface area contributed by atoms with E-state index in [-0.39, 0.29) is 5.91 Å². The molecular formula is C15H30N2O. The lowest BCUT2D eigenvalue weighted by Crippen LogP contribution is -2.39. The zero-order valence-electron chi connectivity index (χ0n) is 12.2. The molecular weight excluding hydrogens is 224 g/mol. The molecule has 3 nitrogen and oxygen atoms in total. The number of nitrogens with one attached hydrogen (secondary N) is 1. The van der Waals surface area contributed by atoms with Crippen LogP contribution in [-0.2, 0) is 4.79 Å². The van der Waals surface area contributed by atoms with Crippen LogP contribution in [0.4, 0.5) is 0 Å². The maximum atomic E-state index is 12.0. The first-order valence-electron chi connectivity index (χ1n) is 7.56. The second-order valence-corrected chi connectivity index (χ2v) is 6.15. The summed E-state index contributed by atoms with van der Waals surface area (Å²) in [6.07, 6.45) is 6.48. The largest absolute Gasteiger partial charge is 0.353 e. The van der Waals surface area contributed by atoms with Gasteiger partial charge in [0.15, 0.2) is 0 Å². The Bertz CT molecular complexity index is 245. The lowest BCUT2D eigenvalue weighted by molar-refractivity contribution is -0.123. The van der Waals surface area contributed by atoms with Crippen LogP contribution in [0, 0.1) is 17.8 Å². The second-order valence-electron chi connectivity index (χ2n) is 6.15. The normalized spacial score (nSPS) is 26.1. The van der Waals surface area contributed by atoms with Gasteiger partial charge in [0.1, 0.15) is 0 Å². The van der Waals surface area contributed by atoms with E-state index >= 15 is 0 Å². The topological polar surface area (TPSA) is 55.1 Å². The quantitative estimate of drug-likeness (QED) is 0.765. The van der Waals surface area contributed by atoms with Gasteiger partial charge in [0.05, 0.1) is 0 Å². The fraction of sp³-hybridized carbons (Fsp3) is 0.933. The summed E-state index contributed by atoms with van der Waals surface area (Å²) in [5.41, 5.74) is 5.69. The fourth-order valence-electron chi connectivity index (χ4n) is 2.94. The molecule has 1 amide bonds. The molecule has 18 heavy (non-hydrogen) atoms. The molecule has 0 radical (unpaired) electrons. The lowest BCUT2D eigenvalue weighted by Gasteiger charge is -2.28. The van der Waals surface area contributed by atoms with E-state index in [1.54, 1.807) is 0 Å². The van der Waals surface area contributed by atoms with Crippen molar-refractivity contribution in [2.75, 3.05) is 6.54 Å². The fourth-order valence-corrected chi connectivity index (χ4v) is 2.94. The standard InChI is InChI=1S/C15H30N2O/c1-4-14(11(2)3)17-15(18)9-12-5-7-13(10-16)8-6-12/h11-14H,4-10,16H2,1-3H3,(H,17,18). The molecule has 1 fully saturated rings. The third kappa shape index (κ3) is 4.97. The van der Waals surface area contributed by atoms with Gasteiger partial charge in [0, 0.05) is 12.5 Å². The summed E-state index contributed by atoms with van der Waals surface area (Å²) in [4.78, 5) is 12.0. The first-order chi connectivity index (χ1) is 8.56. The van der Waals surface area contributed by atoms with Crippen LogP contribution in [0.5, 0.6) is 0 Å². The van der Waals surface area contributed by atoms with Crippen LogP contribution >= 0.6 is 0 Å². The summed E-state index contributed by atoms with van der Waals surface area (Å²) in [7, 11) is 0. The van der Waals surface area contributed by atoms with Crippen LogP contribution in [0.1, 0.15) is 59.3 Å². The monoisotopic (exact) mass is 254 g/mol. The molecule has 0 aromatic heterocycles. The highest BCUT2D eigenvalue weighted by Gasteiger charge is 2.23. The van der Waals surface area contributed by atoms with Gasteiger partial charge in [-0.2, -0.15) is 0 Å². The molecule has 0 aliphatic heterocycles. The van der Waals surface area contributed by atoms with E-state index < -0.39 is 0 Å². The molecule has 0 saturated heterocycles. The summed E-state index contributed by atoms with van der Waals surface area (Å²) < 4.78 is 0. The van der Waals surface area contributed by atoms with E-state index in [0.717, 1.165) is 13.0 Å². The molecule has 1 rings (SSSR count). The zero-order valence-corrected chi connectivity index (χ0v) is 12.2. The Hall–Kier alpha value is -0.570. The van der Waals surface area contributed by atoms with Crippen LogP contribution in [0.3, 0.4) is 0 Å². The Labute approximate surface area is 112 Å². The van der Waals surface area contributed by atoms with Crippen molar-refractivity contribution in [3.63, 3.8) is 0 Å². The van der Waals surface area contributed by atoms with Crippen molar-refractivity contribution in [1.82, 2.24) is 5.32 Å². The Morgan fingerprint density at radius 1 is 1.22 bits per heavy atom. The minimum Gasteiger partial charge on any atom is -0.353 e. The van der Waals surface area contributed by atoms with Gasteiger partial charge in [0.2, 0.25) is 5.91 Å². The SMILES string of the molecule is CCC(NC(=O)CC1CCC(CN)CC1)C(C)C. The highest BCUT2D eigenvalue weighted by atomic mass is 16.1. The van der Waals surface area contributed by atoms with Gasteiger partial charge in [-0.15, -0.1) is 0 Å². The molecule has 0 aromatic rings. The van der Waals surface area contributed by atoms with Crippen LogP contribution in [-0.4, -0.2) is 18.5 Å². The van der Waals surface area contributed by atoms with E-state index in [9.17, 15) is 4.79 Å². The molecule has 0 aromatic carbocycles. The van der Waals surface area contributed by atoms with Gasteiger partial charge in [-0.25, -0.2) is 0 Å². The number of rotatable bonds is 6. The second kappa shape index (κ2) is 7.78. The van der Waals surface area contributed by atoms with Gasteiger partial charge in [0.25, 0.3) is 0 Å². The Kier molecular flexibility index (Phi) is 6.69. The smallest absolute Gasteiger partial charge is 0.220 e. The molecule has 106 valence electrons. The van der Waals surface area contributed by atoms with E-state index in [0.29, 0.717) is 30.2 Å². The number of hydrogen-bond donors (Lipinski definition) is 2. The van der Waals surface area contributed by atoms with E-state index in [1.807, 2.05) is 0 Å².